The first-order chi connectivity index (χ1) is 16.0. The van der Waals surface area contributed by atoms with Crippen LogP contribution in [0.5, 0.6) is 0 Å². The lowest BCUT2D eigenvalue weighted by Gasteiger charge is -2.21. The van der Waals surface area contributed by atoms with Crippen molar-refractivity contribution in [2.45, 2.75) is 13.8 Å². The zero-order valence-corrected chi connectivity index (χ0v) is 18.8. The summed E-state index contributed by atoms with van der Waals surface area (Å²) in [5.74, 6) is -0.499. The minimum Gasteiger partial charge on any atom is -0.376 e. The summed E-state index contributed by atoms with van der Waals surface area (Å²) in [5.41, 5.74) is 3.18. The lowest BCUT2D eigenvalue weighted by molar-refractivity contribution is -0.114. The average molecular weight is 445 g/mol. The van der Waals surface area contributed by atoms with Gasteiger partial charge < -0.3 is 20.9 Å². The second kappa shape index (κ2) is 11.5. The molecule has 170 valence electrons. The first-order valence-corrected chi connectivity index (χ1v) is 10.9. The molecule has 3 aromatic rings. The topological polar surface area (TPSA) is 90.5 Å². The summed E-state index contributed by atoms with van der Waals surface area (Å²) in [7, 11) is 0. The molecule has 0 radical (unpaired) electrons. The molecule has 0 aliphatic carbocycles. The molecule has 0 saturated heterocycles. The number of carbonyl (C=O) groups excluding carboxylic acids is 3. The number of rotatable bonds is 9. The SMILES string of the molecule is CCNC(=O)c1cccc(NCC(=O)Nc2ccc(C(=O)N(CC)c3ccccc3)cc2)c1. The van der Waals surface area contributed by atoms with Gasteiger partial charge in [-0.25, -0.2) is 0 Å². The lowest BCUT2D eigenvalue weighted by Crippen LogP contribution is -2.30. The number of anilines is 3. The first-order valence-electron chi connectivity index (χ1n) is 10.9. The van der Waals surface area contributed by atoms with Crippen LogP contribution in [0.15, 0.2) is 78.9 Å². The Labute approximate surface area is 193 Å². The summed E-state index contributed by atoms with van der Waals surface area (Å²) in [5, 5.41) is 8.57. The molecule has 3 N–H and O–H groups in total. The number of carbonyl (C=O) groups is 3. The monoisotopic (exact) mass is 444 g/mol. The zero-order chi connectivity index (χ0) is 23.6. The Morgan fingerprint density at radius 3 is 2.18 bits per heavy atom. The first kappa shape index (κ1) is 23.5. The van der Waals surface area contributed by atoms with Gasteiger partial charge in [-0.2, -0.15) is 0 Å². The number of amides is 3. The van der Waals surface area contributed by atoms with Crippen molar-refractivity contribution < 1.29 is 14.4 Å². The van der Waals surface area contributed by atoms with Crippen LogP contribution in [0.2, 0.25) is 0 Å². The van der Waals surface area contributed by atoms with Gasteiger partial charge in [-0.1, -0.05) is 24.3 Å². The number of hydrogen-bond acceptors (Lipinski definition) is 4. The van der Waals surface area contributed by atoms with Gasteiger partial charge >= 0.3 is 0 Å². The van der Waals surface area contributed by atoms with E-state index in [0.29, 0.717) is 35.6 Å². The number of benzene rings is 3. The van der Waals surface area contributed by atoms with E-state index < -0.39 is 0 Å². The van der Waals surface area contributed by atoms with Crippen LogP contribution in [-0.4, -0.2) is 37.4 Å². The van der Waals surface area contributed by atoms with E-state index in [1.54, 1.807) is 53.4 Å². The summed E-state index contributed by atoms with van der Waals surface area (Å²) in [6.07, 6.45) is 0. The number of para-hydroxylation sites is 1. The minimum atomic E-state index is -0.239. The third-order valence-electron chi connectivity index (χ3n) is 4.96. The standard InChI is InChI=1S/C26H28N4O3/c1-3-27-25(32)20-9-8-10-22(17-20)28-18-24(31)29-21-15-13-19(14-16-21)26(33)30(4-2)23-11-6-5-7-12-23/h5-17,28H,3-4,18H2,1-2H3,(H,27,32)(H,29,31). The molecule has 0 aliphatic heterocycles. The minimum absolute atomic E-state index is 0.0388. The normalized spacial score (nSPS) is 10.2. The molecule has 3 amide bonds. The summed E-state index contributed by atoms with van der Waals surface area (Å²) < 4.78 is 0. The van der Waals surface area contributed by atoms with Crippen molar-refractivity contribution in [2.24, 2.45) is 0 Å². The fraction of sp³-hybridized carbons (Fsp3) is 0.192. The predicted octanol–water partition coefficient (Wildman–Crippen LogP) is 4.15. The maximum absolute atomic E-state index is 12.9. The fourth-order valence-electron chi connectivity index (χ4n) is 3.32. The molecule has 33 heavy (non-hydrogen) atoms. The summed E-state index contributed by atoms with van der Waals surface area (Å²) in [4.78, 5) is 38.9. The van der Waals surface area contributed by atoms with E-state index in [0.717, 1.165) is 5.69 Å². The maximum atomic E-state index is 12.9. The molecule has 3 rings (SSSR count). The molecule has 0 fully saturated rings. The van der Waals surface area contributed by atoms with Crippen molar-refractivity contribution in [1.82, 2.24) is 5.32 Å². The van der Waals surface area contributed by atoms with Crippen molar-refractivity contribution in [3.05, 3.63) is 90.0 Å². The van der Waals surface area contributed by atoms with E-state index >= 15 is 0 Å². The van der Waals surface area contributed by atoms with Crippen LogP contribution >= 0.6 is 0 Å². The number of nitrogens with zero attached hydrogens (tertiary/aromatic N) is 1. The quantitative estimate of drug-likeness (QED) is 0.462. The van der Waals surface area contributed by atoms with Crippen LogP contribution in [-0.2, 0) is 4.79 Å². The van der Waals surface area contributed by atoms with Crippen LogP contribution in [0, 0.1) is 0 Å². The highest BCUT2D eigenvalue weighted by atomic mass is 16.2. The molecule has 0 unspecified atom stereocenters. The highest BCUT2D eigenvalue weighted by Crippen LogP contribution is 2.18. The average Bonchev–Trinajstić information content (AvgIpc) is 2.84. The van der Waals surface area contributed by atoms with Gasteiger partial charge in [0.15, 0.2) is 0 Å². The fourth-order valence-corrected chi connectivity index (χ4v) is 3.32. The third kappa shape index (κ3) is 6.43. The summed E-state index contributed by atoms with van der Waals surface area (Å²) in [6.45, 7) is 4.92. The molecular formula is C26H28N4O3. The van der Waals surface area contributed by atoms with Crippen molar-refractivity contribution >= 4 is 34.8 Å². The van der Waals surface area contributed by atoms with Gasteiger partial charge in [0.25, 0.3) is 11.8 Å². The number of nitrogens with one attached hydrogen (secondary N) is 3. The van der Waals surface area contributed by atoms with E-state index in [2.05, 4.69) is 16.0 Å². The van der Waals surface area contributed by atoms with Gasteiger partial charge in [0.05, 0.1) is 6.54 Å². The second-order valence-electron chi connectivity index (χ2n) is 7.30. The van der Waals surface area contributed by atoms with E-state index in [9.17, 15) is 14.4 Å². The van der Waals surface area contributed by atoms with Crippen LogP contribution < -0.4 is 20.9 Å². The molecule has 0 saturated carbocycles. The van der Waals surface area contributed by atoms with Gasteiger partial charge in [0.1, 0.15) is 0 Å². The van der Waals surface area contributed by atoms with Crippen LogP contribution in [0.4, 0.5) is 17.1 Å². The van der Waals surface area contributed by atoms with E-state index in [1.807, 2.05) is 44.2 Å². The van der Waals surface area contributed by atoms with Gasteiger partial charge in [0.2, 0.25) is 5.91 Å². The molecule has 0 atom stereocenters. The molecular weight excluding hydrogens is 416 g/mol. The Hall–Kier alpha value is -4.13. The molecule has 7 heteroatoms. The summed E-state index contributed by atoms with van der Waals surface area (Å²) >= 11 is 0. The van der Waals surface area contributed by atoms with Crippen molar-refractivity contribution in [3.8, 4) is 0 Å². The Balaban J connectivity index is 1.56. The van der Waals surface area contributed by atoms with Crippen LogP contribution in [0.25, 0.3) is 0 Å². The van der Waals surface area contributed by atoms with Crippen molar-refractivity contribution in [1.29, 1.82) is 0 Å². The Morgan fingerprint density at radius 1 is 0.788 bits per heavy atom. The van der Waals surface area contributed by atoms with Gasteiger partial charge in [-0.3, -0.25) is 14.4 Å². The largest absolute Gasteiger partial charge is 0.376 e. The Kier molecular flexibility index (Phi) is 8.18. The van der Waals surface area contributed by atoms with E-state index in [4.69, 9.17) is 0 Å². The highest BCUT2D eigenvalue weighted by Gasteiger charge is 2.16. The van der Waals surface area contributed by atoms with Crippen molar-refractivity contribution in [2.75, 3.05) is 35.2 Å². The zero-order valence-electron chi connectivity index (χ0n) is 18.8. The molecule has 0 aromatic heterocycles. The van der Waals surface area contributed by atoms with Crippen LogP contribution in [0.3, 0.4) is 0 Å². The van der Waals surface area contributed by atoms with Gasteiger partial charge in [-0.15, -0.1) is 0 Å². The molecule has 7 nitrogen and oxygen atoms in total. The third-order valence-corrected chi connectivity index (χ3v) is 4.96. The molecule has 0 bridgehead atoms. The Morgan fingerprint density at radius 2 is 1.52 bits per heavy atom. The van der Waals surface area contributed by atoms with Gasteiger partial charge in [-0.05, 0) is 68.4 Å². The van der Waals surface area contributed by atoms with Gasteiger partial charge in [0, 0.05) is 41.3 Å². The lowest BCUT2D eigenvalue weighted by atomic mass is 10.1. The Bertz CT molecular complexity index is 1100. The molecule has 0 spiro atoms. The predicted molar refractivity (Wildman–Crippen MR) is 132 cm³/mol. The van der Waals surface area contributed by atoms with E-state index in [-0.39, 0.29) is 24.3 Å². The van der Waals surface area contributed by atoms with Crippen molar-refractivity contribution in [3.63, 3.8) is 0 Å². The highest BCUT2D eigenvalue weighted by molar-refractivity contribution is 6.06. The maximum Gasteiger partial charge on any atom is 0.258 e. The molecule has 0 heterocycles. The van der Waals surface area contributed by atoms with E-state index in [1.165, 1.54) is 0 Å². The summed E-state index contributed by atoms with van der Waals surface area (Å²) in [6, 6.07) is 23.3. The van der Waals surface area contributed by atoms with Crippen LogP contribution in [0.1, 0.15) is 34.6 Å². The smallest absolute Gasteiger partial charge is 0.258 e. The molecule has 0 aliphatic rings. The molecule has 3 aromatic carbocycles. The number of hydrogen-bond donors (Lipinski definition) is 3. The second-order valence-corrected chi connectivity index (χ2v) is 7.30.